The summed E-state index contributed by atoms with van der Waals surface area (Å²) in [6.45, 7) is 11.8. The number of aryl methyl sites for hydroxylation is 1. The number of hydrogen-bond donors (Lipinski definition) is 1. The lowest BCUT2D eigenvalue weighted by molar-refractivity contribution is -0.134. The molecule has 2 rings (SSSR count). The Morgan fingerprint density at radius 1 is 1.15 bits per heavy atom. The van der Waals surface area contributed by atoms with Crippen molar-refractivity contribution >= 4 is 23.2 Å². The third kappa shape index (κ3) is 5.72. The minimum Gasteiger partial charge on any atom is -0.372 e. The molecule has 0 radical (unpaired) electrons. The molecule has 0 saturated carbocycles. The molecule has 0 aromatic heterocycles. The molecule has 0 aliphatic carbocycles. The van der Waals surface area contributed by atoms with E-state index >= 15 is 0 Å². The van der Waals surface area contributed by atoms with Crippen molar-refractivity contribution in [1.29, 1.82) is 0 Å². The van der Waals surface area contributed by atoms with Gasteiger partial charge in [-0.2, -0.15) is 0 Å². The molecular weight excluding hydrogens is 338 g/mol. The van der Waals surface area contributed by atoms with E-state index < -0.39 is 0 Å². The van der Waals surface area contributed by atoms with Crippen LogP contribution in [-0.4, -0.2) is 42.9 Å². The fourth-order valence-electron chi connectivity index (χ4n) is 3.69. The van der Waals surface area contributed by atoms with Crippen LogP contribution in [0.4, 0.5) is 11.4 Å². The van der Waals surface area contributed by atoms with Gasteiger partial charge in [-0.1, -0.05) is 13.3 Å². The fourth-order valence-corrected chi connectivity index (χ4v) is 3.69. The molecule has 1 fully saturated rings. The first-order valence-electron chi connectivity index (χ1n) is 10.4. The van der Waals surface area contributed by atoms with Crippen molar-refractivity contribution in [3.05, 3.63) is 23.8 Å². The number of amides is 2. The van der Waals surface area contributed by atoms with Gasteiger partial charge in [0.15, 0.2) is 0 Å². The van der Waals surface area contributed by atoms with Crippen molar-refractivity contribution in [3.8, 4) is 0 Å². The minimum atomic E-state index is -0.0120. The first kappa shape index (κ1) is 21.3. The first-order chi connectivity index (χ1) is 13.0. The molecular formula is C22H35N3O2. The Balaban J connectivity index is 1.90. The summed E-state index contributed by atoms with van der Waals surface area (Å²) < 4.78 is 0. The van der Waals surface area contributed by atoms with E-state index in [-0.39, 0.29) is 17.7 Å². The Bertz CT molecular complexity index is 632. The highest BCUT2D eigenvalue weighted by Gasteiger charge is 2.27. The lowest BCUT2D eigenvalue weighted by Gasteiger charge is -2.31. The zero-order valence-electron chi connectivity index (χ0n) is 17.4. The van der Waals surface area contributed by atoms with Gasteiger partial charge in [0.05, 0.1) is 0 Å². The number of nitrogens with zero attached hydrogens (tertiary/aromatic N) is 2. The number of rotatable bonds is 8. The Morgan fingerprint density at radius 3 is 2.37 bits per heavy atom. The van der Waals surface area contributed by atoms with Crippen LogP contribution in [0, 0.1) is 12.8 Å². The van der Waals surface area contributed by atoms with E-state index in [1.807, 2.05) is 17.9 Å². The maximum atomic E-state index is 12.7. The highest BCUT2D eigenvalue weighted by Crippen LogP contribution is 2.25. The van der Waals surface area contributed by atoms with E-state index in [2.05, 4.69) is 43.1 Å². The summed E-state index contributed by atoms with van der Waals surface area (Å²) in [5.74, 6) is 0.301. The second-order valence-electron chi connectivity index (χ2n) is 7.42. The van der Waals surface area contributed by atoms with Gasteiger partial charge in [-0.15, -0.1) is 0 Å². The molecule has 27 heavy (non-hydrogen) atoms. The van der Waals surface area contributed by atoms with Crippen molar-refractivity contribution in [2.75, 3.05) is 36.4 Å². The summed E-state index contributed by atoms with van der Waals surface area (Å²) >= 11 is 0. The van der Waals surface area contributed by atoms with Crippen LogP contribution >= 0.6 is 0 Å². The van der Waals surface area contributed by atoms with Crippen LogP contribution in [0.25, 0.3) is 0 Å². The molecule has 1 saturated heterocycles. The highest BCUT2D eigenvalue weighted by molar-refractivity contribution is 5.93. The van der Waals surface area contributed by atoms with Gasteiger partial charge in [0.25, 0.3) is 0 Å². The van der Waals surface area contributed by atoms with Crippen molar-refractivity contribution in [2.24, 2.45) is 5.92 Å². The van der Waals surface area contributed by atoms with E-state index in [4.69, 9.17) is 0 Å². The third-order valence-electron chi connectivity index (χ3n) is 5.56. The van der Waals surface area contributed by atoms with E-state index in [9.17, 15) is 9.59 Å². The highest BCUT2D eigenvalue weighted by atomic mass is 16.2. The van der Waals surface area contributed by atoms with Gasteiger partial charge >= 0.3 is 0 Å². The molecule has 5 nitrogen and oxygen atoms in total. The Labute approximate surface area is 164 Å². The van der Waals surface area contributed by atoms with Crippen LogP contribution in [0.5, 0.6) is 0 Å². The molecule has 1 aromatic carbocycles. The molecule has 150 valence electrons. The van der Waals surface area contributed by atoms with Gasteiger partial charge in [0, 0.05) is 49.9 Å². The van der Waals surface area contributed by atoms with E-state index in [1.54, 1.807) is 0 Å². The van der Waals surface area contributed by atoms with Crippen molar-refractivity contribution in [1.82, 2.24) is 4.90 Å². The van der Waals surface area contributed by atoms with Gasteiger partial charge in [0.2, 0.25) is 11.8 Å². The van der Waals surface area contributed by atoms with Gasteiger partial charge in [0.1, 0.15) is 0 Å². The maximum Gasteiger partial charge on any atom is 0.227 e. The maximum absolute atomic E-state index is 12.7. The molecule has 1 aliphatic heterocycles. The van der Waals surface area contributed by atoms with Crippen LogP contribution in [-0.2, 0) is 9.59 Å². The molecule has 0 unspecified atom stereocenters. The molecule has 1 heterocycles. The summed E-state index contributed by atoms with van der Waals surface area (Å²) in [5.41, 5.74) is 3.16. The number of unbranched alkanes of at least 4 members (excludes halogenated alkanes) is 1. The topological polar surface area (TPSA) is 52.7 Å². The number of piperidine rings is 1. The summed E-state index contributed by atoms with van der Waals surface area (Å²) in [5, 5.41) is 3.10. The predicted molar refractivity (Wildman–Crippen MR) is 112 cm³/mol. The molecule has 0 spiro atoms. The van der Waals surface area contributed by atoms with Gasteiger partial charge in [-0.25, -0.2) is 0 Å². The van der Waals surface area contributed by atoms with Crippen LogP contribution in [0.3, 0.4) is 0 Å². The number of nitrogens with one attached hydrogen (secondary N) is 1. The second-order valence-corrected chi connectivity index (χ2v) is 7.42. The van der Waals surface area contributed by atoms with Crippen molar-refractivity contribution in [2.45, 2.75) is 59.8 Å². The summed E-state index contributed by atoms with van der Waals surface area (Å²) in [6.07, 6.45) is 4.12. The van der Waals surface area contributed by atoms with Crippen molar-refractivity contribution < 1.29 is 9.59 Å². The first-order valence-corrected chi connectivity index (χ1v) is 10.4. The Morgan fingerprint density at radius 2 is 1.81 bits per heavy atom. The minimum absolute atomic E-state index is 0.0120. The van der Waals surface area contributed by atoms with Gasteiger partial charge < -0.3 is 15.1 Å². The number of benzene rings is 1. The molecule has 1 N–H and O–H groups in total. The zero-order valence-corrected chi connectivity index (χ0v) is 17.4. The average molecular weight is 374 g/mol. The quantitative estimate of drug-likeness (QED) is 0.743. The SMILES string of the molecule is CCCCC(=O)N1CCC(C(=O)Nc2ccc(N(CC)CC)cc2C)CC1. The smallest absolute Gasteiger partial charge is 0.227 e. The fraction of sp³-hybridized carbons (Fsp3) is 0.636. The summed E-state index contributed by atoms with van der Waals surface area (Å²) in [4.78, 5) is 29.0. The third-order valence-corrected chi connectivity index (χ3v) is 5.56. The molecule has 5 heteroatoms. The second kappa shape index (κ2) is 10.3. The standard InChI is InChI=1S/C22H35N3O2/c1-5-8-9-21(26)25-14-12-18(13-15-25)22(27)23-20-11-10-19(16-17(20)4)24(6-2)7-3/h10-11,16,18H,5-9,12-15H2,1-4H3,(H,23,27). The van der Waals surface area contributed by atoms with Gasteiger partial charge in [-0.3, -0.25) is 9.59 Å². The Hall–Kier alpha value is -2.04. The van der Waals surface area contributed by atoms with Crippen LogP contribution in [0.1, 0.15) is 58.4 Å². The normalized spacial score (nSPS) is 14.9. The van der Waals surface area contributed by atoms with Crippen LogP contribution in [0.2, 0.25) is 0 Å². The number of hydrogen-bond acceptors (Lipinski definition) is 3. The largest absolute Gasteiger partial charge is 0.372 e. The Kier molecular flexibility index (Phi) is 8.14. The monoisotopic (exact) mass is 373 g/mol. The zero-order chi connectivity index (χ0) is 19.8. The van der Waals surface area contributed by atoms with E-state index in [1.165, 1.54) is 5.69 Å². The number of likely N-dealkylation sites (tertiary alicyclic amines) is 1. The molecule has 0 bridgehead atoms. The molecule has 0 atom stereocenters. The summed E-state index contributed by atoms with van der Waals surface area (Å²) in [6, 6.07) is 6.21. The predicted octanol–water partition coefficient (Wildman–Crippen LogP) is 4.21. The number of anilines is 2. The molecule has 2 amide bonds. The summed E-state index contributed by atoms with van der Waals surface area (Å²) in [7, 11) is 0. The van der Waals surface area contributed by atoms with E-state index in [0.717, 1.165) is 50.0 Å². The number of carbonyl (C=O) groups excluding carboxylic acids is 2. The molecule has 1 aromatic rings. The average Bonchev–Trinajstić information content (AvgIpc) is 2.69. The lowest BCUT2D eigenvalue weighted by atomic mass is 9.95. The lowest BCUT2D eigenvalue weighted by Crippen LogP contribution is -2.41. The van der Waals surface area contributed by atoms with Crippen LogP contribution < -0.4 is 10.2 Å². The van der Waals surface area contributed by atoms with Gasteiger partial charge in [-0.05, 0) is 63.8 Å². The van der Waals surface area contributed by atoms with Crippen molar-refractivity contribution in [3.63, 3.8) is 0 Å². The van der Waals surface area contributed by atoms with Crippen LogP contribution in [0.15, 0.2) is 18.2 Å². The number of carbonyl (C=O) groups is 2. The van der Waals surface area contributed by atoms with E-state index in [0.29, 0.717) is 19.5 Å². The molecule has 1 aliphatic rings.